The van der Waals surface area contributed by atoms with Gasteiger partial charge in [0.1, 0.15) is 22.8 Å². The number of nitrogens with one attached hydrogen (secondary N) is 2. The lowest BCUT2D eigenvalue weighted by molar-refractivity contribution is 0.0949. The highest BCUT2D eigenvalue weighted by Gasteiger charge is 2.23. The minimum atomic E-state index is -0.589. The van der Waals surface area contributed by atoms with Gasteiger partial charge in [-0.25, -0.2) is 4.68 Å². The molecule has 6 N–H and O–H groups in total. The minimum absolute atomic E-state index is 0.181. The molecular formula is C26H32N6O3. The van der Waals surface area contributed by atoms with Crippen molar-refractivity contribution in [2.75, 3.05) is 32.5 Å². The van der Waals surface area contributed by atoms with Gasteiger partial charge >= 0.3 is 0 Å². The molecule has 3 aromatic rings. The molecule has 4 rings (SSSR count). The molecule has 1 aliphatic heterocycles. The third kappa shape index (κ3) is 5.63. The van der Waals surface area contributed by atoms with E-state index in [0.29, 0.717) is 48.3 Å². The van der Waals surface area contributed by atoms with Crippen molar-refractivity contribution in [2.24, 2.45) is 11.7 Å². The van der Waals surface area contributed by atoms with Crippen LogP contribution in [-0.4, -0.2) is 48.3 Å². The van der Waals surface area contributed by atoms with E-state index in [1.807, 2.05) is 30.3 Å². The molecular weight excluding hydrogens is 444 g/mol. The summed E-state index contributed by atoms with van der Waals surface area (Å²) in [5.74, 6) is 0.486. The number of carbonyl (C=O) groups is 2. The number of amides is 2. The number of piperidine rings is 1. The maximum absolute atomic E-state index is 12.5. The predicted molar refractivity (Wildman–Crippen MR) is 135 cm³/mol. The van der Waals surface area contributed by atoms with Crippen molar-refractivity contribution in [3.05, 3.63) is 65.2 Å². The molecule has 0 spiro atoms. The average molecular weight is 477 g/mol. The van der Waals surface area contributed by atoms with E-state index >= 15 is 0 Å². The van der Waals surface area contributed by atoms with Crippen molar-refractivity contribution >= 4 is 17.6 Å². The highest BCUT2D eigenvalue weighted by atomic mass is 16.5. The van der Waals surface area contributed by atoms with E-state index in [9.17, 15) is 9.59 Å². The van der Waals surface area contributed by atoms with Crippen molar-refractivity contribution in [3.63, 3.8) is 0 Å². The van der Waals surface area contributed by atoms with Crippen LogP contribution in [0.4, 0.5) is 5.82 Å². The molecule has 1 aromatic heterocycles. The van der Waals surface area contributed by atoms with Gasteiger partial charge in [0, 0.05) is 18.7 Å². The molecule has 184 valence electrons. The number of aromatic nitrogens is 2. The Morgan fingerprint density at radius 2 is 1.97 bits per heavy atom. The van der Waals surface area contributed by atoms with Crippen LogP contribution in [0, 0.1) is 5.92 Å². The summed E-state index contributed by atoms with van der Waals surface area (Å²) in [6.07, 6.45) is 2.85. The number of methoxy groups -OCH3 is 1. The van der Waals surface area contributed by atoms with Crippen LogP contribution in [0.2, 0.25) is 0 Å². The molecule has 2 amide bonds. The van der Waals surface area contributed by atoms with Crippen LogP contribution >= 0.6 is 0 Å². The minimum Gasteiger partial charge on any atom is -0.496 e. The van der Waals surface area contributed by atoms with Gasteiger partial charge in [-0.3, -0.25) is 9.59 Å². The molecule has 9 heteroatoms. The van der Waals surface area contributed by atoms with E-state index in [2.05, 4.69) is 15.7 Å². The van der Waals surface area contributed by atoms with E-state index in [0.717, 1.165) is 37.1 Å². The topological polar surface area (TPSA) is 137 Å². The summed E-state index contributed by atoms with van der Waals surface area (Å²) in [6.45, 7) is 3.05. The third-order valence-corrected chi connectivity index (χ3v) is 6.35. The van der Waals surface area contributed by atoms with E-state index in [4.69, 9.17) is 16.2 Å². The lowest BCUT2D eigenvalue weighted by atomic mass is 10.00. The van der Waals surface area contributed by atoms with Crippen LogP contribution in [0.5, 0.6) is 5.75 Å². The molecule has 1 fully saturated rings. The van der Waals surface area contributed by atoms with E-state index in [1.165, 1.54) is 0 Å². The molecule has 1 atom stereocenters. The second-order valence-corrected chi connectivity index (χ2v) is 8.77. The van der Waals surface area contributed by atoms with Gasteiger partial charge in [0.15, 0.2) is 0 Å². The van der Waals surface area contributed by atoms with Crippen LogP contribution in [0.15, 0.2) is 48.5 Å². The molecule has 2 aromatic carbocycles. The third-order valence-electron chi connectivity index (χ3n) is 6.35. The van der Waals surface area contributed by atoms with Gasteiger partial charge in [0.05, 0.1) is 12.7 Å². The molecule has 0 aliphatic carbocycles. The highest BCUT2D eigenvalue weighted by Crippen LogP contribution is 2.28. The zero-order valence-electron chi connectivity index (χ0n) is 19.9. The maximum Gasteiger partial charge on any atom is 0.255 e. The number of anilines is 1. The molecule has 0 unspecified atom stereocenters. The van der Waals surface area contributed by atoms with Crippen molar-refractivity contribution in [3.8, 4) is 17.0 Å². The molecule has 0 saturated carbocycles. The number of nitrogen functional groups attached to an aromatic ring is 1. The van der Waals surface area contributed by atoms with Gasteiger partial charge in [-0.05, 0) is 56.0 Å². The molecule has 0 radical (unpaired) electrons. The van der Waals surface area contributed by atoms with Crippen LogP contribution < -0.4 is 26.8 Å². The summed E-state index contributed by atoms with van der Waals surface area (Å²) in [4.78, 5) is 24.7. The first kappa shape index (κ1) is 24.3. The molecule has 1 saturated heterocycles. The Bertz CT molecular complexity index is 1180. The highest BCUT2D eigenvalue weighted by molar-refractivity contribution is 6.03. The second-order valence-electron chi connectivity index (χ2n) is 8.77. The monoisotopic (exact) mass is 476 g/mol. The zero-order valence-corrected chi connectivity index (χ0v) is 19.9. The first-order valence-corrected chi connectivity index (χ1v) is 11.8. The Balaban J connectivity index is 1.43. The number of rotatable bonds is 9. The van der Waals surface area contributed by atoms with Gasteiger partial charge in [-0.15, -0.1) is 0 Å². The molecule has 2 heterocycles. The number of nitrogens with zero attached hydrogens (tertiary/aromatic N) is 2. The van der Waals surface area contributed by atoms with Crippen molar-refractivity contribution in [1.82, 2.24) is 20.4 Å². The SMILES string of the molecule is COc1ccccc1C(=O)NCCc1ccc(-c2nn(C[C@H]3CCCNC3)c(N)c2C(N)=O)cc1. The number of hydrogen-bond donors (Lipinski definition) is 4. The smallest absolute Gasteiger partial charge is 0.255 e. The fourth-order valence-corrected chi connectivity index (χ4v) is 4.46. The quantitative estimate of drug-likeness (QED) is 0.374. The number of primary amides is 1. The van der Waals surface area contributed by atoms with Crippen LogP contribution in [0.3, 0.4) is 0 Å². The summed E-state index contributed by atoms with van der Waals surface area (Å²) in [7, 11) is 1.54. The van der Waals surface area contributed by atoms with Gasteiger partial charge in [0.25, 0.3) is 11.8 Å². The van der Waals surface area contributed by atoms with Gasteiger partial charge in [0.2, 0.25) is 0 Å². The second kappa shape index (κ2) is 11.1. The van der Waals surface area contributed by atoms with Crippen LogP contribution in [-0.2, 0) is 13.0 Å². The Labute approximate surface area is 204 Å². The summed E-state index contributed by atoms with van der Waals surface area (Å²) in [5, 5.41) is 11.0. The lowest BCUT2D eigenvalue weighted by Gasteiger charge is -2.22. The fourth-order valence-electron chi connectivity index (χ4n) is 4.46. The molecule has 1 aliphatic rings. The Morgan fingerprint density at radius 1 is 1.20 bits per heavy atom. The number of hydrogen-bond acceptors (Lipinski definition) is 6. The van der Waals surface area contributed by atoms with Gasteiger partial charge < -0.3 is 26.8 Å². The first-order valence-electron chi connectivity index (χ1n) is 11.8. The normalized spacial score (nSPS) is 15.5. The summed E-state index contributed by atoms with van der Waals surface area (Å²) in [6, 6.07) is 14.8. The predicted octanol–water partition coefficient (Wildman–Crippen LogP) is 2.21. The van der Waals surface area contributed by atoms with Gasteiger partial charge in [-0.1, -0.05) is 36.4 Å². The fraction of sp³-hybridized carbons (Fsp3) is 0.346. The largest absolute Gasteiger partial charge is 0.496 e. The maximum atomic E-state index is 12.5. The summed E-state index contributed by atoms with van der Waals surface area (Å²) < 4.78 is 6.95. The number of benzene rings is 2. The number of nitrogens with two attached hydrogens (primary N) is 2. The van der Waals surface area contributed by atoms with Crippen LogP contribution in [0.1, 0.15) is 39.1 Å². The van der Waals surface area contributed by atoms with E-state index in [1.54, 1.807) is 30.0 Å². The number of ether oxygens (including phenoxy) is 1. The van der Waals surface area contributed by atoms with Crippen LogP contribution in [0.25, 0.3) is 11.3 Å². The van der Waals surface area contributed by atoms with Crippen molar-refractivity contribution < 1.29 is 14.3 Å². The van der Waals surface area contributed by atoms with E-state index in [-0.39, 0.29) is 11.5 Å². The number of para-hydroxylation sites is 1. The average Bonchev–Trinajstić information content (AvgIpc) is 3.20. The Morgan fingerprint density at radius 3 is 2.66 bits per heavy atom. The Kier molecular flexibility index (Phi) is 7.67. The Hall–Kier alpha value is -3.85. The zero-order chi connectivity index (χ0) is 24.8. The summed E-state index contributed by atoms with van der Waals surface area (Å²) in [5.41, 5.74) is 15.0. The molecule has 9 nitrogen and oxygen atoms in total. The van der Waals surface area contributed by atoms with E-state index < -0.39 is 5.91 Å². The molecule has 0 bridgehead atoms. The number of carbonyl (C=O) groups excluding carboxylic acids is 2. The first-order chi connectivity index (χ1) is 17.0. The van der Waals surface area contributed by atoms with Crippen molar-refractivity contribution in [2.45, 2.75) is 25.8 Å². The molecule has 35 heavy (non-hydrogen) atoms. The van der Waals surface area contributed by atoms with Gasteiger partial charge in [-0.2, -0.15) is 5.10 Å². The summed E-state index contributed by atoms with van der Waals surface area (Å²) >= 11 is 0. The standard InChI is InChI=1S/C26H32N6O3/c1-35-21-7-3-2-6-20(21)26(34)30-14-12-17-8-10-19(11-9-17)23-22(25(28)33)24(27)32(31-23)16-18-5-4-13-29-15-18/h2-3,6-11,18,29H,4-5,12-16,27H2,1H3,(H2,28,33)(H,30,34)/t18-/m0/s1. The van der Waals surface area contributed by atoms with Crippen molar-refractivity contribution in [1.29, 1.82) is 0 Å². The lowest BCUT2D eigenvalue weighted by Crippen LogP contribution is -2.32.